The van der Waals surface area contributed by atoms with Gasteiger partial charge in [-0.2, -0.15) is 4.80 Å². The molecule has 0 fully saturated rings. The molecule has 2 aromatic heterocycles. The minimum Gasteiger partial charge on any atom is -0.239 e. The summed E-state index contributed by atoms with van der Waals surface area (Å²) in [6.45, 7) is 4.64. The molecule has 124 valence electrons. The van der Waals surface area contributed by atoms with Gasteiger partial charge in [0.1, 0.15) is 11.6 Å². The quantitative estimate of drug-likeness (QED) is 0.557. The number of aromatic nitrogens is 5. The molecule has 0 atom stereocenters. The van der Waals surface area contributed by atoms with Gasteiger partial charge in [0.15, 0.2) is 0 Å². The lowest BCUT2D eigenvalue weighted by molar-refractivity contribution is 0.566. The number of thiazole rings is 1. The maximum Gasteiger partial charge on any atom is 0.205 e. The van der Waals surface area contributed by atoms with Gasteiger partial charge in [-0.05, 0) is 24.6 Å². The second-order valence-electron chi connectivity index (χ2n) is 5.97. The van der Waals surface area contributed by atoms with Crippen molar-refractivity contribution in [2.75, 3.05) is 0 Å². The fraction of sp³-hybridized carbons (Fsp3) is 0.158. The summed E-state index contributed by atoms with van der Waals surface area (Å²) >= 11 is 1.63. The Balaban J connectivity index is 1.54. The van der Waals surface area contributed by atoms with Crippen LogP contribution in [0, 0.1) is 13.8 Å². The molecular formula is C19H17N5S. The van der Waals surface area contributed by atoms with Gasteiger partial charge in [-0.3, -0.25) is 0 Å². The highest BCUT2D eigenvalue weighted by molar-refractivity contribution is 7.13. The van der Waals surface area contributed by atoms with Gasteiger partial charge < -0.3 is 0 Å². The van der Waals surface area contributed by atoms with E-state index in [1.165, 1.54) is 5.56 Å². The number of benzene rings is 2. The smallest absolute Gasteiger partial charge is 0.205 e. The van der Waals surface area contributed by atoms with E-state index in [2.05, 4.69) is 46.6 Å². The van der Waals surface area contributed by atoms with Gasteiger partial charge >= 0.3 is 0 Å². The minimum atomic E-state index is 0.515. The molecule has 0 spiro atoms. The summed E-state index contributed by atoms with van der Waals surface area (Å²) in [5, 5.41) is 15.9. The molecule has 2 aromatic carbocycles. The van der Waals surface area contributed by atoms with Crippen molar-refractivity contribution in [2.45, 2.75) is 20.4 Å². The summed E-state index contributed by atoms with van der Waals surface area (Å²) in [5.41, 5.74) is 5.46. The normalized spacial score (nSPS) is 11.0. The molecule has 0 aliphatic rings. The molecule has 0 N–H and O–H groups in total. The molecule has 5 nitrogen and oxygen atoms in total. The van der Waals surface area contributed by atoms with Gasteiger partial charge in [-0.25, -0.2) is 4.98 Å². The van der Waals surface area contributed by atoms with Gasteiger partial charge in [0.25, 0.3) is 0 Å². The predicted octanol–water partition coefficient (Wildman–Crippen LogP) is 4.13. The van der Waals surface area contributed by atoms with Crippen LogP contribution in [0.25, 0.3) is 22.0 Å². The van der Waals surface area contributed by atoms with Gasteiger partial charge in [0.2, 0.25) is 5.82 Å². The molecule has 0 amide bonds. The zero-order valence-electron chi connectivity index (χ0n) is 14.0. The Morgan fingerprint density at radius 2 is 1.80 bits per heavy atom. The molecule has 4 aromatic rings. The van der Waals surface area contributed by atoms with E-state index in [-0.39, 0.29) is 0 Å². The van der Waals surface area contributed by atoms with Crippen LogP contribution in [0.15, 0.2) is 53.9 Å². The first-order chi connectivity index (χ1) is 12.2. The summed E-state index contributed by atoms with van der Waals surface area (Å²) in [7, 11) is 0. The third kappa shape index (κ3) is 3.34. The fourth-order valence-corrected chi connectivity index (χ4v) is 3.41. The van der Waals surface area contributed by atoms with Crippen molar-refractivity contribution in [2.24, 2.45) is 0 Å². The van der Waals surface area contributed by atoms with Gasteiger partial charge in [0, 0.05) is 16.5 Å². The molecule has 0 bridgehead atoms. The van der Waals surface area contributed by atoms with E-state index in [9.17, 15) is 0 Å². The third-order valence-electron chi connectivity index (χ3n) is 3.99. The molecule has 0 saturated heterocycles. The average molecular weight is 347 g/mol. The van der Waals surface area contributed by atoms with Crippen LogP contribution in [0.4, 0.5) is 0 Å². The largest absolute Gasteiger partial charge is 0.239 e. The lowest BCUT2D eigenvalue weighted by Crippen LogP contribution is -2.04. The van der Waals surface area contributed by atoms with Crippen LogP contribution in [0.5, 0.6) is 0 Å². The van der Waals surface area contributed by atoms with Crippen molar-refractivity contribution in [1.82, 2.24) is 25.2 Å². The molecule has 2 heterocycles. The van der Waals surface area contributed by atoms with E-state index in [4.69, 9.17) is 4.98 Å². The molecule has 0 unspecified atom stereocenters. The van der Waals surface area contributed by atoms with Crippen molar-refractivity contribution in [3.05, 3.63) is 70.7 Å². The van der Waals surface area contributed by atoms with Crippen molar-refractivity contribution in [3.8, 4) is 22.0 Å². The number of hydrogen-bond donors (Lipinski definition) is 0. The summed E-state index contributed by atoms with van der Waals surface area (Å²) in [6.07, 6.45) is 0. The van der Waals surface area contributed by atoms with Crippen molar-refractivity contribution >= 4 is 11.3 Å². The topological polar surface area (TPSA) is 56.5 Å². The number of hydrogen-bond acceptors (Lipinski definition) is 5. The lowest BCUT2D eigenvalue weighted by atomic mass is 10.1. The van der Waals surface area contributed by atoms with Gasteiger partial charge in [-0.15, -0.1) is 21.5 Å². The summed E-state index contributed by atoms with van der Waals surface area (Å²) in [5.74, 6) is 0.645. The Bertz CT molecular complexity index is 1000. The number of nitrogens with zero attached hydrogens (tertiary/aromatic N) is 5. The monoisotopic (exact) mass is 347 g/mol. The number of aryl methyl sites for hydroxylation is 2. The average Bonchev–Trinajstić information content (AvgIpc) is 3.26. The molecule has 25 heavy (non-hydrogen) atoms. The first-order valence-corrected chi connectivity index (χ1v) is 8.92. The highest BCUT2D eigenvalue weighted by Gasteiger charge is 2.10. The van der Waals surface area contributed by atoms with Crippen LogP contribution >= 0.6 is 11.3 Å². The molecule has 6 heteroatoms. The Kier molecular flexibility index (Phi) is 4.11. The zero-order chi connectivity index (χ0) is 17.2. The molecular weight excluding hydrogens is 330 g/mol. The standard InChI is InChI=1S/C19H17N5S/c1-13-7-9-15(10-8-13)19-20-16(12-25-19)11-24-22-18(21-23-24)17-6-4-3-5-14(17)2/h3-10,12H,11H2,1-2H3. The third-order valence-corrected chi connectivity index (χ3v) is 4.93. The maximum absolute atomic E-state index is 4.69. The second-order valence-corrected chi connectivity index (χ2v) is 6.83. The van der Waals surface area contributed by atoms with Gasteiger partial charge in [-0.1, -0.05) is 54.1 Å². The highest BCUT2D eigenvalue weighted by Crippen LogP contribution is 2.24. The van der Waals surface area contributed by atoms with Crippen LogP contribution < -0.4 is 0 Å². The van der Waals surface area contributed by atoms with E-state index in [1.807, 2.05) is 36.6 Å². The van der Waals surface area contributed by atoms with Crippen LogP contribution in [0.3, 0.4) is 0 Å². The first-order valence-electron chi connectivity index (χ1n) is 8.04. The van der Waals surface area contributed by atoms with Crippen molar-refractivity contribution in [3.63, 3.8) is 0 Å². The molecule has 0 saturated carbocycles. The van der Waals surface area contributed by atoms with E-state index >= 15 is 0 Å². The van der Waals surface area contributed by atoms with E-state index in [0.717, 1.165) is 27.4 Å². The second kappa shape index (κ2) is 6.57. The maximum atomic E-state index is 4.69. The highest BCUT2D eigenvalue weighted by atomic mass is 32.1. The van der Waals surface area contributed by atoms with Crippen molar-refractivity contribution < 1.29 is 0 Å². The first kappa shape index (κ1) is 15.7. The number of tetrazole rings is 1. The van der Waals surface area contributed by atoms with Crippen LogP contribution in [-0.2, 0) is 6.54 Å². The Labute approximate surface area is 150 Å². The Morgan fingerprint density at radius 3 is 2.60 bits per heavy atom. The summed E-state index contributed by atoms with van der Waals surface area (Å²) < 4.78 is 0. The Hall–Kier alpha value is -2.86. The lowest BCUT2D eigenvalue weighted by Gasteiger charge is -1.99. The summed E-state index contributed by atoms with van der Waals surface area (Å²) in [4.78, 5) is 6.29. The zero-order valence-corrected chi connectivity index (χ0v) is 14.9. The molecule has 4 rings (SSSR count). The number of rotatable bonds is 4. The Morgan fingerprint density at radius 1 is 1.00 bits per heavy atom. The minimum absolute atomic E-state index is 0.515. The van der Waals surface area contributed by atoms with Crippen molar-refractivity contribution in [1.29, 1.82) is 0 Å². The molecule has 0 aliphatic carbocycles. The van der Waals surface area contributed by atoms with Crippen LogP contribution in [0.1, 0.15) is 16.8 Å². The van der Waals surface area contributed by atoms with Crippen LogP contribution in [0.2, 0.25) is 0 Å². The van der Waals surface area contributed by atoms with Crippen LogP contribution in [-0.4, -0.2) is 25.2 Å². The SMILES string of the molecule is Cc1ccc(-c2nc(Cn3nnc(-c4ccccc4C)n3)cs2)cc1. The predicted molar refractivity (Wildman–Crippen MR) is 99.4 cm³/mol. The molecule has 0 aliphatic heterocycles. The van der Waals surface area contributed by atoms with E-state index < -0.39 is 0 Å². The van der Waals surface area contributed by atoms with Gasteiger partial charge in [0.05, 0.1) is 5.69 Å². The molecule has 0 radical (unpaired) electrons. The van der Waals surface area contributed by atoms with E-state index in [1.54, 1.807) is 16.1 Å². The van der Waals surface area contributed by atoms with E-state index in [0.29, 0.717) is 12.4 Å². The summed E-state index contributed by atoms with van der Waals surface area (Å²) in [6, 6.07) is 16.4. The fourth-order valence-electron chi connectivity index (χ4n) is 2.60.